The molecule has 2 aromatic rings. The van der Waals surface area contributed by atoms with Crippen LogP contribution in [0.15, 0.2) is 18.2 Å². The van der Waals surface area contributed by atoms with Crippen LogP contribution in [0.1, 0.15) is 77.0 Å². The molecule has 2 rings (SSSR count). The quantitative estimate of drug-likeness (QED) is 0.562. The van der Waals surface area contributed by atoms with Gasteiger partial charge in [-0.2, -0.15) is 0 Å². The van der Waals surface area contributed by atoms with Crippen LogP contribution in [0.3, 0.4) is 0 Å². The first kappa shape index (κ1) is 16.9. The van der Waals surface area contributed by atoms with Crippen molar-refractivity contribution in [2.75, 3.05) is 7.11 Å². The molecule has 0 amide bonds. The highest BCUT2D eigenvalue weighted by Gasteiger charge is 2.16. The van der Waals surface area contributed by atoms with Crippen molar-refractivity contribution in [2.45, 2.75) is 71.1 Å². The van der Waals surface area contributed by atoms with Gasteiger partial charge in [0.2, 0.25) is 0 Å². The standard InChI is InChI=1S/C19H30N2O/c1-4-6-8-11-15(12-9-7-5-2)19-20-16-13-10-14-17(22-3)18(16)21-19/h10,13-15H,4-9,11-12H2,1-3H3,(H,20,21). The number of aromatic nitrogens is 2. The molecule has 0 radical (unpaired) electrons. The minimum absolute atomic E-state index is 0.551. The van der Waals surface area contributed by atoms with Crippen molar-refractivity contribution >= 4 is 11.0 Å². The lowest BCUT2D eigenvalue weighted by Gasteiger charge is -2.14. The van der Waals surface area contributed by atoms with Crippen molar-refractivity contribution in [3.8, 4) is 5.75 Å². The molecule has 1 aromatic carbocycles. The smallest absolute Gasteiger partial charge is 0.146 e. The Kier molecular flexibility index (Phi) is 6.75. The van der Waals surface area contributed by atoms with E-state index in [1.165, 1.54) is 51.4 Å². The summed E-state index contributed by atoms with van der Waals surface area (Å²) in [5, 5.41) is 0. The number of para-hydroxylation sites is 1. The topological polar surface area (TPSA) is 37.9 Å². The lowest BCUT2D eigenvalue weighted by molar-refractivity contribution is 0.419. The summed E-state index contributed by atoms with van der Waals surface area (Å²) in [4.78, 5) is 8.39. The minimum Gasteiger partial charge on any atom is -0.494 e. The van der Waals surface area contributed by atoms with E-state index in [0.29, 0.717) is 5.92 Å². The average Bonchev–Trinajstić information content (AvgIpc) is 2.97. The molecule has 0 spiro atoms. The van der Waals surface area contributed by atoms with Gasteiger partial charge in [-0.05, 0) is 25.0 Å². The van der Waals surface area contributed by atoms with Crippen LogP contribution in [0.25, 0.3) is 11.0 Å². The van der Waals surface area contributed by atoms with E-state index in [2.05, 4.69) is 24.9 Å². The van der Waals surface area contributed by atoms with Crippen molar-refractivity contribution < 1.29 is 4.74 Å². The van der Waals surface area contributed by atoms with Gasteiger partial charge in [-0.25, -0.2) is 4.98 Å². The average molecular weight is 302 g/mol. The number of nitrogens with one attached hydrogen (secondary N) is 1. The van der Waals surface area contributed by atoms with Gasteiger partial charge < -0.3 is 9.72 Å². The number of unbranched alkanes of at least 4 members (excludes halogenated alkanes) is 4. The fraction of sp³-hybridized carbons (Fsp3) is 0.632. The zero-order valence-electron chi connectivity index (χ0n) is 14.3. The van der Waals surface area contributed by atoms with Crippen LogP contribution >= 0.6 is 0 Å². The SMILES string of the molecule is CCCCCC(CCCCC)c1nc2c(OC)cccc2[nH]1. The molecule has 0 saturated carbocycles. The summed E-state index contributed by atoms with van der Waals surface area (Å²) in [6.45, 7) is 4.52. The first-order chi connectivity index (χ1) is 10.8. The molecule has 0 unspecified atom stereocenters. The largest absolute Gasteiger partial charge is 0.494 e. The number of nitrogens with zero attached hydrogens (tertiary/aromatic N) is 1. The molecule has 0 bridgehead atoms. The summed E-state index contributed by atoms with van der Waals surface area (Å²) in [7, 11) is 1.71. The number of hydrogen-bond acceptors (Lipinski definition) is 2. The summed E-state index contributed by atoms with van der Waals surface area (Å²) < 4.78 is 5.44. The second kappa shape index (κ2) is 8.82. The number of fused-ring (bicyclic) bond motifs is 1. The fourth-order valence-corrected chi connectivity index (χ4v) is 3.08. The molecule has 1 aromatic heterocycles. The fourth-order valence-electron chi connectivity index (χ4n) is 3.08. The molecule has 1 N–H and O–H groups in total. The van der Waals surface area contributed by atoms with E-state index in [-0.39, 0.29) is 0 Å². The Morgan fingerprint density at radius 2 is 1.73 bits per heavy atom. The molecule has 0 aliphatic rings. The van der Waals surface area contributed by atoms with Gasteiger partial charge in [0.25, 0.3) is 0 Å². The molecule has 3 heteroatoms. The van der Waals surface area contributed by atoms with Crippen LogP contribution < -0.4 is 4.74 Å². The predicted molar refractivity (Wildman–Crippen MR) is 93.7 cm³/mol. The maximum Gasteiger partial charge on any atom is 0.146 e. The molecular formula is C19H30N2O. The number of imidazole rings is 1. The lowest BCUT2D eigenvalue weighted by atomic mass is 9.94. The van der Waals surface area contributed by atoms with Gasteiger partial charge in [0, 0.05) is 5.92 Å². The molecule has 0 atom stereocenters. The number of methoxy groups -OCH3 is 1. The molecule has 22 heavy (non-hydrogen) atoms. The Labute approximate surface area is 134 Å². The van der Waals surface area contributed by atoms with E-state index < -0.39 is 0 Å². The van der Waals surface area contributed by atoms with Gasteiger partial charge in [-0.1, -0.05) is 58.4 Å². The Balaban J connectivity index is 2.17. The first-order valence-corrected chi connectivity index (χ1v) is 8.82. The molecule has 3 nitrogen and oxygen atoms in total. The number of aromatic amines is 1. The normalized spacial score (nSPS) is 11.5. The summed E-state index contributed by atoms with van der Waals surface area (Å²) in [6.07, 6.45) is 10.2. The van der Waals surface area contributed by atoms with Gasteiger partial charge in [0.15, 0.2) is 0 Å². The summed E-state index contributed by atoms with van der Waals surface area (Å²) in [6, 6.07) is 6.09. The zero-order chi connectivity index (χ0) is 15.8. The molecule has 122 valence electrons. The van der Waals surface area contributed by atoms with E-state index in [0.717, 1.165) is 22.6 Å². The van der Waals surface area contributed by atoms with Crippen LogP contribution in [-0.2, 0) is 0 Å². The van der Waals surface area contributed by atoms with Gasteiger partial charge >= 0.3 is 0 Å². The highest BCUT2D eigenvalue weighted by atomic mass is 16.5. The zero-order valence-corrected chi connectivity index (χ0v) is 14.3. The highest BCUT2D eigenvalue weighted by molar-refractivity contribution is 5.81. The molecule has 0 aliphatic heterocycles. The van der Waals surface area contributed by atoms with Crippen molar-refractivity contribution in [3.05, 3.63) is 24.0 Å². The minimum atomic E-state index is 0.551. The number of ether oxygens (including phenoxy) is 1. The van der Waals surface area contributed by atoms with Crippen LogP contribution in [0.4, 0.5) is 0 Å². The van der Waals surface area contributed by atoms with E-state index >= 15 is 0 Å². The van der Waals surface area contributed by atoms with Gasteiger partial charge in [-0.3, -0.25) is 0 Å². The summed E-state index contributed by atoms with van der Waals surface area (Å²) in [5.41, 5.74) is 2.06. The predicted octanol–water partition coefficient (Wildman–Crippen LogP) is 5.82. The Morgan fingerprint density at radius 1 is 1.05 bits per heavy atom. The molecule has 0 aliphatic carbocycles. The first-order valence-electron chi connectivity index (χ1n) is 8.82. The van der Waals surface area contributed by atoms with E-state index in [4.69, 9.17) is 9.72 Å². The molecular weight excluding hydrogens is 272 g/mol. The molecule has 0 saturated heterocycles. The van der Waals surface area contributed by atoms with Crippen molar-refractivity contribution in [1.82, 2.24) is 9.97 Å². The second-order valence-electron chi connectivity index (χ2n) is 6.17. The number of rotatable bonds is 10. The van der Waals surface area contributed by atoms with Crippen molar-refractivity contribution in [2.24, 2.45) is 0 Å². The summed E-state index contributed by atoms with van der Waals surface area (Å²) >= 11 is 0. The highest BCUT2D eigenvalue weighted by Crippen LogP contribution is 2.30. The van der Waals surface area contributed by atoms with Crippen LogP contribution in [0.2, 0.25) is 0 Å². The number of benzene rings is 1. The maximum atomic E-state index is 5.44. The Bertz CT molecular complexity index is 552. The third-order valence-corrected chi connectivity index (χ3v) is 4.41. The third-order valence-electron chi connectivity index (χ3n) is 4.41. The van der Waals surface area contributed by atoms with Crippen molar-refractivity contribution in [1.29, 1.82) is 0 Å². The Morgan fingerprint density at radius 3 is 2.32 bits per heavy atom. The van der Waals surface area contributed by atoms with Gasteiger partial charge in [0.05, 0.1) is 12.6 Å². The second-order valence-corrected chi connectivity index (χ2v) is 6.17. The van der Waals surface area contributed by atoms with E-state index in [1.54, 1.807) is 7.11 Å². The van der Waals surface area contributed by atoms with E-state index in [1.807, 2.05) is 12.1 Å². The van der Waals surface area contributed by atoms with E-state index in [9.17, 15) is 0 Å². The van der Waals surface area contributed by atoms with Crippen LogP contribution in [-0.4, -0.2) is 17.1 Å². The number of hydrogen-bond donors (Lipinski definition) is 1. The van der Waals surface area contributed by atoms with Gasteiger partial charge in [0.1, 0.15) is 17.1 Å². The summed E-state index contributed by atoms with van der Waals surface area (Å²) in [5.74, 6) is 2.56. The maximum absolute atomic E-state index is 5.44. The van der Waals surface area contributed by atoms with Crippen LogP contribution in [0, 0.1) is 0 Å². The molecule has 1 heterocycles. The van der Waals surface area contributed by atoms with Crippen molar-refractivity contribution in [3.63, 3.8) is 0 Å². The molecule has 0 fully saturated rings. The number of H-pyrrole nitrogens is 1. The Hall–Kier alpha value is -1.51. The van der Waals surface area contributed by atoms with Gasteiger partial charge in [-0.15, -0.1) is 0 Å². The van der Waals surface area contributed by atoms with Crippen LogP contribution in [0.5, 0.6) is 5.75 Å². The lowest BCUT2D eigenvalue weighted by Crippen LogP contribution is -2.02. The third kappa shape index (κ3) is 4.25. The monoisotopic (exact) mass is 302 g/mol.